The Kier molecular flexibility index (Phi) is 5.46. The zero-order valence-electron chi connectivity index (χ0n) is 11.5. The number of halogens is 2. The molecule has 1 N–H and O–H groups in total. The minimum Gasteiger partial charge on any atom is -0.310 e. The molecule has 0 aliphatic heterocycles. The van der Waals surface area contributed by atoms with Gasteiger partial charge in [0.05, 0.1) is 0 Å². The molecule has 0 saturated carbocycles. The van der Waals surface area contributed by atoms with Crippen molar-refractivity contribution in [2.75, 3.05) is 0 Å². The van der Waals surface area contributed by atoms with Gasteiger partial charge in [0, 0.05) is 27.4 Å². The van der Waals surface area contributed by atoms with Crippen molar-refractivity contribution in [1.82, 2.24) is 5.32 Å². The van der Waals surface area contributed by atoms with E-state index in [0.29, 0.717) is 22.5 Å². The Morgan fingerprint density at radius 3 is 2.65 bits per heavy atom. The second-order valence-corrected chi connectivity index (χ2v) is 6.41. The molecule has 0 saturated heterocycles. The molecule has 0 bridgehead atoms. The highest BCUT2D eigenvalue weighted by Gasteiger charge is 2.06. The number of hydrogen-bond acceptors (Lipinski definition) is 2. The molecule has 4 heteroatoms. The molecule has 0 atom stereocenters. The molecule has 0 aromatic heterocycles. The highest BCUT2D eigenvalue weighted by atomic mass is 35.5. The van der Waals surface area contributed by atoms with Crippen LogP contribution in [-0.4, -0.2) is 6.04 Å². The first kappa shape index (κ1) is 15.4. The van der Waals surface area contributed by atoms with Crippen LogP contribution in [0.5, 0.6) is 0 Å². The van der Waals surface area contributed by atoms with Crippen LogP contribution in [0.2, 0.25) is 5.02 Å². The summed E-state index contributed by atoms with van der Waals surface area (Å²) in [6, 6.07) is 13.2. The maximum absolute atomic E-state index is 14.1. The summed E-state index contributed by atoms with van der Waals surface area (Å²) in [5.41, 5.74) is 0.951. The third-order valence-electron chi connectivity index (χ3n) is 2.73. The van der Waals surface area contributed by atoms with Crippen LogP contribution < -0.4 is 5.32 Å². The van der Waals surface area contributed by atoms with Crippen molar-refractivity contribution < 1.29 is 4.39 Å². The molecule has 2 rings (SSSR count). The number of rotatable bonds is 5. The normalized spacial score (nSPS) is 11.1. The fourth-order valence-corrected chi connectivity index (χ4v) is 2.85. The van der Waals surface area contributed by atoms with Gasteiger partial charge in [0.15, 0.2) is 0 Å². The Morgan fingerprint density at radius 1 is 1.20 bits per heavy atom. The summed E-state index contributed by atoms with van der Waals surface area (Å²) in [6.07, 6.45) is 0. The van der Waals surface area contributed by atoms with Crippen LogP contribution in [0.25, 0.3) is 0 Å². The fraction of sp³-hybridized carbons (Fsp3) is 0.250. The molecule has 0 heterocycles. The summed E-state index contributed by atoms with van der Waals surface area (Å²) in [6.45, 7) is 4.82. The van der Waals surface area contributed by atoms with Crippen LogP contribution in [-0.2, 0) is 6.54 Å². The zero-order valence-corrected chi connectivity index (χ0v) is 13.1. The lowest BCUT2D eigenvalue weighted by Gasteiger charge is -2.09. The van der Waals surface area contributed by atoms with E-state index in [-0.39, 0.29) is 5.82 Å². The molecule has 20 heavy (non-hydrogen) atoms. The predicted octanol–water partition coefficient (Wildman–Crippen LogP) is 5.13. The van der Waals surface area contributed by atoms with E-state index >= 15 is 0 Å². The number of nitrogens with one attached hydrogen (secondary N) is 1. The first-order valence-corrected chi connectivity index (χ1v) is 7.69. The SMILES string of the molecule is CC(C)NCc1ccc(Sc2cccc(Cl)c2)c(F)c1. The van der Waals surface area contributed by atoms with Gasteiger partial charge in [0.25, 0.3) is 0 Å². The quantitative estimate of drug-likeness (QED) is 0.822. The van der Waals surface area contributed by atoms with Gasteiger partial charge in [-0.3, -0.25) is 0 Å². The van der Waals surface area contributed by atoms with Gasteiger partial charge >= 0.3 is 0 Å². The first-order valence-electron chi connectivity index (χ1n) is 6.50. The zero-order chi connectivity index (χ0) is 14.5. The van der Waals surface area contributed by atoms with Gasteiger partial charge in [0.2, 0.25) is 0 Å². The summed E-state index contributed by atoms with van der Waals surface area (Å²) in [7, 11) is 0. The Hall–Kier alpha value is -1.03. The average Bonchev–Trinajstić information content (AvgIpc) is 2.39. The van der Waals surface area contributed by atoms with Gasteiger partial charge in [-0.15, -0.1) is 0 Å². The van der Waals surface area contributed by atoms with E-state index in [1.807, 2.05) is 36.4 Å². The Bertz CT molecular complexity index is 586. The van der Waals surface area contributed by atoms with Gasteiger partial charge in [-0.2, -0.15) is 0 Å². The van der Waals surface area contributed by atoms with Gasteiger partial charge in [-0.05, 0) is 35.9 Å². The van der Waals surface area contributed by atoms with E-state index in [9.17, 15) is 4.39 Å². The largest absolute Gasteiger partial charge is 0.310 e. The van der Waals surface area contributed by atoms with Crippen molar-refractivity contribution in [3.8, 4) is 0 Å². The van der Waals surface area contributed by atoms with Crippen LogP contribution >= 0.6 is 23.4 Å². The van der Waals surface area contributed by atoms with Crippen LogP contribution in [0.15, 0.2) is 52.3 Å². The van der Waals surface area contributed by atoms with Crippen molar-refractivity contribution in [2.45, 2.75) is 36.2 Å². The lowest BCUT2D eigenvalue weighted by atomic mass is 10.2. The van der Waals surface area contributed by atoms with E-state index < -0.39 is 0 Å². The van der Waals surface area contributed by atoms with Crippen molar-refractivity contribution in [3.05, 3.63) is 58.9 Å². The second-order valence-electron chi connectivity index (χ2n) is 4.86. The molecule has 0 radical (unpaired) electrons. The summed E-state index contributed by atoms with van der Waals surface area (Å²) >= 11 is 7.31. The van der Waals surface area contributed by atoms with Gasteiger partial charge in [0.1, 0.15) is 5.82 Å². The van der Waals surface area contributed by atoms with Gasteiger partial charge in [-0.1, -0.05) is 49.3 Å². The molecule has 0 unspecified atom stereocenters. The molecular weight excluding hydrogens is 293 g/mol. The summed E-state index contributed by atoms with van der Waals surface area (Å²) in [4.78, 5) is 1.55. The van der Waals surface area contributed by atoms with Crippen molar-refractivity contribution in [3.63, 3.8) is 0 Å². The lowest BCUT2D eigenvalue weighted by Crippen LogP contribution is -2.21. The van der Waals surface area contributed by atoms with Crippen molar-refractivity contribution in [2.24, 2.45) is 0 Å². The average molecular weight is 310 g/mol. The standard InChI is InChI=1S/C16H17ClFNS/c1-11(2)19-10-12-6-7-16(15(18)8-12)20-14-5-3-4-13(17)9-14/h3-9,11,19H,10H2,1-2H3. The third-order valence-corrected chi connectivity index (χ3v) is 4.01. The lowest BCUT2D eigenvalue weighted by molar-refractivity contribution is 0.574. The van der Waals surface area contributed by atoms with Crippen LogP contribution in [0, 0.1) is 5.82 Å². The molecule has 0 spiro atoms. The topological polar surface area (TPSA) is 12.0 Å². The fourth-order valence-electron chi connectivity index (χ4n) is 1.72. The summed E-state index contributed by atoms with van der Waals surface area (Å²) in [5, 5.41) is 3.94. The van der Waals surface area contributed by atoms with Gasteiger partial charge < -0.3 is 5.32 Å². The van der Waals surface area contributed by atoms with E-state index in [4.69, 9.17) is 11.6 Å². The maximum atomic E-state index is 14.1. The minimum absolute atomic E-state index is 0.196. The van der Waals surface area contributed by atoms with Crippen molar-refractivity contribution in [1.29, 1.82) is 0 Å². The first-order chi connectivity index (χ1) is 9.54. The number of benzene rings is 2. The molecular formula is C16H17ClFNS. The van der Waals surface area contributed by atoms with E-state index in [1.165, 1.54) is 11.8 Å². The Labute approximate surface area is 128 Å². The smallest absolute Gasteiger partial charge is 0.137 e. The highest BCUT2D eigenvalue weighted by Crippen LogP contribution is 2.31. The van der Waals surface area contributed by atoms with E-state index in [0.717, 1.165) is 10.5 Å². The molecule has 0 aliphatic carbocycles. The van der Waals surface area contributed by atoms with Crippen LogP contribution in [0.4, 0.5) is 4.39 Å². The molecule has 0 fully saturated rings. The molecule has 2 aromatic carbocycles. The molecule has 0 aliphatic rings. The van der Waals surface area contributed by atoms with Crippen LogP contribution in [0.3, 0.4) is 0 Å². The molecule has 1 nitrogen and oxygen atoms in total. The predicted molar refractivity (Wildman–Crippen MR) is 84.0 cm³/mol. The highest BCUT2D eigenvalue weighted by molar-refractivity contribution is 7.99. The van der Waals surface area contributed by atoms with Crippen molar-refractivity contribution >= 4 is 23.4 Å². The molecule has 2 aromatic rings. The third kappa shape index (κ3) is 4.51. The second kappa shape index (κ2) is 7.11. The Morgan fingerprint density at radius 2 is 2.00 bits per heavy atom. The van der Waals surface area contributed by atoms with Gasteiger partial charge in [-0.25, -0.2) is 4.39 Å². The molecule has 106 valence electrons. The monoisotopic (exact) mass is 309 g/mol. The molecule has 0 amide bonds. The summed E-state index contributed by atoms with van der Waals surface area (Å²) < 4.78 is 14.1. The van der Waals surface area contributed by atoms with E-state index in [1.54, 1.807) is 6.07 Å². The minimum atomic E-state index is -0.196. The van der Waals surface area contributed by atoms with Crippen LogP contribution in [0.1, 0.15) is 19.4 Å². The maximum Gasteiger partial charge on any atom is 0.137 e. The Balaban J connectivity index is 2.09. The van der Waals surface area contributed by atoms with E-state index in [2.05, 4.69) is 19.2 Å². The summed E-state index contributed by atoms with van der Waals surface area (Å²) in [5.74, 6) is -0.196. The number of hydrogen-bond donors (Lipinski definition) is 1.